The quantitative estimate of drug-likeness (QED) is 0.698. The van der Waals surface area contributed by atoms with Crippen molar-refractivity contribution in [1.82, 2.24) is 0 Å². The summed E-state index contributed by atoms with van der Waals surface area (Å²) >= 11 is 11.7. The molecular formula is C11H8Cl2O. The molecule has 0 aliphatic heterocycles. The minimum Gasteiger partial charge on any atom is -0.298 e. The fourth-order valence-corrected chi connectivity index (χ4v) is 1.59. The third-order valence-corrected chi connectivity index (χ3v) is 2.87. The zero-order chi connectivity index (χ0) is 10.1. The van der Waals surface area contributed by atoms with Crippen molar-refractivity contribution in [1.29, 1.82) is 0 Å². The predicted octanol–water partition coefficient (Wildman–Crippen LogP) is 3.98. The third-order valence-electron chi connectivity index (χ3n) is 2.15. The molecule has 0 spiro atoms. The summed E-state index contributed by atoms with van der Waals surface area (Å²) in [5, 5.41) is 0.913. The van der Waals surface area contributed by atoms with Gasteiger partial charge >= 0.3 is 0 Å². The van der Waals surface area contributed by atoms with Gasteiger partial charge in [-0.2, -0.15) is 0 Å². The Morgan fingerprint density at radius 1 is 1.07 bits per heavy atom. The topological polar surface area (TPSA) is 17.1 Å². The number of carbonyl (C=O) groups excluding carboxylic acids is 1. The first-order valence-electron chi connectivity index (χ1n) is 4.34. The second-order valence-electron chi connectivity index (χ2n) is 3.32. The van der Waals surface area contributed by atoms with Crippen molar-refractivity contribution in [2.45, 2.75) is 12.8 Å². The first-order valence-corrected chi connectivity index (χ1v) is 5.10. The van der Waals surface area contributed by atoms with Crippen molar-refractivity contribution in [2.24, 2.45) is 0 Å². The van der Waals surface area contributed by atoms with Crippen molar-refractivity contribution < 1.29 is 4.79 Å². The van der Waals surface area contributed by atoms with Gasteiger partial charge in [0, 0.05) is 5.56 Å². The summed E-state index contributed by atoms with van der Waals surface area (Å²) in [6, 6.07) is 3.34. The number of hydrogen-bond donors (Lipinski definition) is 0. The van der Waals surface area contributed by atoms with Crippen LogP contribution in [0.1, 0.15) is 28.8 Å². The molecule has 1 fully saturated rings. The van der Waals surface area contributed by atoms with E-state index < -0.39 is 0 Å². The Morgan fingerprint density at radius 2 is 1.64 bits per heavy atom. The predicted molar refractivity (Wildman–Crippen MR) is 59.1 cm³/mol. The van der Waals surface area contributed by atoms with Crippen LogP contribution in [0.25, 0.3) is 6.08 Å². The lowest BCUT2D eigenvalue weighted by Gasteiger charge is -2.01. The van der Waals surface area contributed by atoms with Crippen LogP contribution in [0.5, 0.6) is 0 Å². The molecule has 2 rings (SSSR count). The van der Waals surface area contributed by atoms with Crippen LogP contribution in [0.2, 0.25) is 10.0 Å². The van der Waals surface area contributed by atoms with E-state index in [1.54, 1.807) is 12.1 Å². The molecule has 1 aliphatic rings. The van der Waals surface area contributed by atoms with Crippen LogP contribution in [0.4, 0.5) is 0 Å². The molecule has 1 aliphatic carbocycles. The molecule has 0 radical (unpaired) electrons. The van der Waals surface area contributed by atoms with Crippen LogP contribution in [0.15, 0.2) is 17.7 Å². The first-order chi connectivity index (χ1) is 6.70. The molecule has 0 heterocycles. The number of carbonyl (C=O) groups is 1. The van der Waals surface area contributed by atoms with Gasteiger partial charge in [-0.3, -0.25) is 4.79 Å². The van der Waals surface area contributed by atoms with E-state index in [0.29, 0.717) is 15.6 Å². The van der Waals surface area contributed by atoms with Crippen molar-refractivity contribution in [3.05, 3.63) is 38.9 Å². The van der Waals surface area contributed by atoms with Crippen molar-refractivity contribution in [3.8, 4) is 0 Å². The van der Waals surface area contributed by atoms with Gasteiger partial charge in [0.15, 0.2) is 6.29 Å². The van der Waals surface area contributed by atoms with Gasteiger partial charge in [-0.15, -0.1) is 0 Å². The zero-order valence-electron chi connectivity index (χ0n) is 7.39. The highest BCUT2D eigenvalue weighted by Crippen LogP contribution is 2.33. The van der Waals surface area contributed by atoms with Gasteiger partial charge in [-0.25, -0.2) is 0 Å². The Hall–Kier alpha value is -0.790. The van der Waals surface area contributed by atoms with E-state index in [0.717, 1.165) is 24.7 Å². The van der Waals surface area contributed by atoms with E-state index in [4.69, 9.17) is 23.2 Å². The van der Waals surface area contributed by atoms with Crippen molar-refractivity contribution in [3.63, 3.8) is 0 Å². The highest BCUT2D eigenvalue weighted by atomic mass is 35.5. The SMILES string of the molecule is O=Cc1cc(Cl)c(Cl)cc1C=C1CC1. The number of benzene rings is 1. The van der Waals surface area contributed by atoms with Crippen molar-refractivity contribution >= 4 is 35.6 Å². The molecule has 0 aromatic heterocycles. The second kappa shape index (κ2) is 3.76. The Bertz CT molecular complexity index is 416. The smallest absolute Gasteiger partial charge is 0.150 e. The van der Waals surface area contributed by atoms with Crippen LogP contribution in [-0.4, -0.2) is 6.29 Å². The van der Waals surface area contributed by atoms with Gasteiger partial charge in [0.2, 0.25) is 0 Å². The van der Waals surface area contributed by atoms with Gasteiger partial charge < -0.3 is 0 Å². The molecule has 14 heavy (non-hydrogen) atoms. The van der Waals surface area contributed by atoms with E-state index in [2.05, 4.69) is 0 Å². The Labute approximate surface area is 92.3 Å². The monoisotopic (exact) mass is 226 g/mol. The summed E-state index contributed by atoms with van der Waals surface area (Å²) in [6.45, 7) is 0. The number of rotatable bonds is 2. The number of aldehydes is 1. The standard InChI is InChI=1S/C11H8Cl2O/c12-10-4-8(3-7-1-2-7)9(6-14)5-11(10)13/h3-6H,1-2H2. The second-order valence-corrected chi connectivity index (χ2v) is 4.13. The molecule has 0 atom stereocenters. The van der Waals surface area contributed by atoms with E-state index in [9.17, 15) is 4.79 Å². The zero-order valence-corrected chi connectivity index (χ0v) is 8.90. The molecule has 0 saturated heterocycles. The fraction of sp³-hybridized carbons (Fsp3) is 0.182. The lowest BCUT2D eigenvalue weighted by molar-refractivity contribution is 0.112. The molecule has 3 heteroatoms. The minimum absolute atomic E-state index is 0.423. The molecule has 0 bridgehead atoms. The maximum atomic E-state index is 10.8. The molecular weight excluding hydrogens is 219 g/mol. The molecule has 1 nitrogen and oxygen atoms in total. The van der Waals surface area contributed by atoms with E-state index >= 15 is 0 Å². The van der Waals surface area contributed by atoms with Gasteiger partial charge in [0.25, 0.3) is 0 Å². The van der Waals surface area contributed by atoms with E-state index in [1.807, 2.05) is 6.08 Å². The maximum Gasteiger partial charge on any atom is 0.150 e. The molecule has 1 aromatic carbocycles. The number of hydrogen-bond acceptors (Lipinski definition) is 1. The molecule has 72 valence electrons. The molecule has 0 unspecified atom stereocenters. The summed E-state index contributed by atoms with van der Waals surface area (Å²) in [4.78, 5) is 10.8. The summed E-state index contributed by atoms with van der Waals surface area (Å²) < 4.78 is 0. The molecule has 0 N–H and O–H groups in total. The fourth-order valence-electron chi connectivity index (χ4n) is 1.24. The van der Waals surface area contributed by atoms with Gasteiger partial charge in [-0.1, -0.05) is 34.9 Å². The van der Waals surface area contributed by atoms with Gasteiger partial charge in [0.05, 0.1) is 10.0 Å². The summed E-state index contributed by atoms with van der Waals surface area (Å²) in [5.74, 6) is 0. The summed E-state index contributed by atoms with van der Waals surface area (Å²) in [5.41, 5.74) is 2.81. The lowest BCUT2D eigenvalue weighted by Crippen LogP contribution is -1.86. The number of allylic oxidation sites excluding steroid dienone is 1. The first kappa shape index (κ1) is 9.75. The highest BCUT2D eigenvalue weighted by Gasteiger charge is 2.12. The minimum atomic E-state index is 0.423. The molecule has 1 aromatic rings. The Kier molecular flexibility index (Phi) is 2.62. The van der Waals surface area contributed by atoms with Gasteiger partial charge in [0.1, 0.15) is 0 Å². The van der Waals surface area contributed by atoms with Gasteiger partial charge in [-0.05, 0) is 30.5 Å². The van der Waals surface area contributed by atoms with Crippen LogP contribution < -0.4 is 0 Å². The Balaban J connectivity index is 2.50. The highest BCUT2D eigenvalue weighted by molar-refractivity contribution is 6.42. The third kappa shape index (κ3) is 1.99. The van der Waals surface area contributed by atoms with Crippen LogP contribution >= 0.6 is 23.2 Å². The van der Waals surface area contributed by atoms with E-state index in [-0.39, 0.29) is 0 Å². The van der Waals surface area contributed by atoms with E-state index in [1.165, 1.54) is 5.57 Å². The lowest BCUT2D eigenvalue weighted by atomic mass is 10.1. The summed E-state index contributed by atoms with van der Waals surface area (Å²) in [7, 11) is 0. The molecule has 0 amide bonds. The summed E-state index contributed by atoms with van der Waals surface area (Å²) in [6.07, 6.45) is 5.06. The van der Waals surface area contributed by atoms with Crippen molar-refractivity contribution in [2.75, 3.05) is 0 Å². The Morgan fingerprint density at radius 3 is 2.14 bits per heavy atom. The van der Waals surface area contributed by atoms with Crippen LogP contribution in [0.3, 0.4) is 0 Å². The average Bonchev–Trinajstić information content (AvgIpc) is 2.95. The average molecular weight is 227 g/mol. The number of halogens is 2. The normalized spacial score (nSPS) is 14.0. The maximum absolute atomic E-state index is 10.8. The van der Waals surface area contributed by atoms with Crippen LogP contribution in [-0.2, 0) is 0 Å². The van der Waals surface area contributed by atoms with Crippen LogP contribution in [0, 0.1) is 0 Å². The largest absolute Gasteiger partial charge is 0.298 e. The molecule has 1 saturated carbocycles.